The molecule has 204 valence electrons. The molecular weight excluding hydrogens is 517 g/mol. The van der Waals surface area contributed by atoms with Crippen LogP contribution in [0.15, 0.2) is 42.5 Å². The molecule has 0 aliphatic heterocycles. The van der Waals surface area contributed by atoms with Gasteiger partial charge in [-0.15, -0.1) is 0 Å². The van der Waals surface area contributed by atoms with Gasteiger partial charge >= 0.3 is 0 Å². The maximum atomic E-state index is 13.4. The van der Waals surface area contributed by atoms with Crippen LogP contribution in [-0.4, -0.2) is 50.5 Å². The van der Waals surface area contributed by atoms with Crippen LogP contribution in [0.4, 0.5) is 10.1 Å². The Morgan fingerprint density at radius 2 is 1.76 bits per heavy atom. The molecule has 1 atom stereocenters. The highest BCUT2D eigenvalue weighted by atomic mass is 35.5. The SMILES string of the molecule is CCCCNC(=O)[C@H](CC)N(Cc1ccc(F)cc1)C(=O)CCCN(c1cc(Cl)ccc1C)S(C)(=O)=O. The summed E-state index contributed by atoms with van der Waals surface area (Å²) in [5.74, 6) is -0.903. The summed E-state index contributed by atoms with van der Waals surface area (Å²) >= 11 is 6.11. The predicted octanol–water partition coefficient (Wildman–Crippen LogP) is 5.06. The summed E-state index contributed by atoms with van der Waals surface area (Å²) in [6.45, 7) is 6.40. The van der Waals surface area contributed by atoms with E-state index in [1.807, 2.05) is 13.8 Å². The van der Waals surface area contributed by atoms with Gasteiger partial charge in [0.15, 0.2) is 0 Å². The Kier molecular flexibility index (Phi) is 11.8. The van der Waals surface area contributed by atoms with Crippen LogP contribution in [0.1, 0.15) is 57.1 Å². The summed E-state index contributed by atoms with van der Waals surface area (Å²) in [6.07, 6.45) is 3.56. The lowest BCUT2D eigenvalue weighted by molar-refractivity contribution is -0.141. The van der Waals surface area contributed by atoms with Gasteiger partial charge in [-0.3, -0.25) is 13.9 Å². The Labute approximate surface area is 225 Å². The van der Waals surface area contributed by atoms with Crippen LogP contribution in [0.25, 0.3) is 0 Å². The number of unbranched alkanes of at least 4 members (excludes halogenated alkanes) is 1. The summed E-state index contributed by atoms with van der Waals surface area (Å²) in [7, 11) is -3.63. The molecular formula is C27H37ClFN3O4S. The highest BCUT2D eigenvalue weighted by Gasteiger charge is 2.29. The molecule has 0 saturated carbocycles. The van der Waals surface area contributed by atoms with E-state index in [-0.39, 0.29) is 43.6 Å². The Morgan fingerprint density at radius 3 is 2.35 bits per heavy atom. The van der Waals surface area contributed by atoms with Crippen molar-refractivity contribution < 1.29 is 22.4 Å². The number of rotatable bonds is 14. The molecule has 0 aliphatic rings. The van der Waals surface area contributed by atoms with Crippen molar-refractivity contribution in [3.63, 3.8) is 0 Å². The number of nitrogens with one attached hydrogen (secondary N) is 1. The number of carbonyl (C=O) groups excluding carboxylic acids is 2. The Morgan fingerprint density at radius 1 is 1.08 bits per heavy atom. The van der Waals surface area contributed by atoms with E-state index < -0.39 is 16.1 Å². The highest BCUT2D eigenvalue weighted by molar-refractivity contribution is 7.92. The van der Waals surface area contributed by atoms with Gasteiger partial charge in [0.2, 0.25) is 21.8 Å². The average molecular weight is 554 g/mol. The van der Waals surface area contributed by atoms with Crippen molar-refractivity contribution >= 4 is 39.1 Å². The first kappa shape index (κ1) is 30.6. The molecule has 1 N–H and O–H groups in total. The second-order valence-electron chi connectivity index (χ2n) is 9.09. The third-order valence-corrected chi connectivity index (χ3v) is 7.49. The number of halogens is 2. The van der Waals surface area contributed by atoms with Crippen molar-refractivity contribution in [3.05, 3.63) is 64.4 Å². The summed E-state index contributed by atoms with van der Waals surface area (Å²) in [5.41, 5.74) is 1.91. The van der Waals surface area contributed by atoms with E-state index in [2.05, 4.69) is 5.32 Å². The van der Waals surface area contributed by atoms with E-state index in [9.17, 15) is 22.4 Å². The Hall–Kier alpha value is -2.65. The van der Waals surface area contributed by atoms with Crippen molar-refractivity contribution in [1.82, 2.24) is 10.2 Å². The summed E-state index contributed by atoms with van der Waals surface area (Å²) in [6, 6.07) is 10.1. The molecule has 2 aromatic rings. The molecule has 0 aliphatic carbocycles. The lowest BCUT2D eigenvalue weighted by Crippen LogP contribution is -2.49. The fourth-order valence-electron chi connectivity index (χ4n) is 4.05. The zero-order chi connectivity index (χ0) is 27.6. The average Bonchev–Trinajstić information content (AvgIpc) is 2.84. The number of hydrogen-bond acceptors (Lipinski definition) is 4. The van der Waals surface area contributed by atoms with E-state index in [1.165, 1.54) is 21.3 Å². The molecule has 7 nitrogen and oxygen atoms in total. The largest absolute Gasteiger partial charge is 0.354 e. The van der Waals surface area contributed by atoms with Crippen molar-refractivity contribution in [1.29, 1.82) is 0 Å². The van der Waals surface area contributed by atoms with Gasteiger partial charge in [-0.2, -0.15) is 0 Å². The first-order chi connectivity index (χ1) is 17.5. The Bertz CT molecular complexity index is 1160. The van der Waals surface area contributed by atoms with E-state index >= 15 is 0 Å². The number of sulfonamides is 1. The quantitative estimate of drug-likeness (QED) is 0.331. The van der Waals surface area contributed by atoms with Crippen molar-refractivity contribution in [2.45, 2.75) is 65.5 Å². The molecule has 0 fully saturated rings. The van der Waals surface area contributed by atoms with Gasteiger partial charge in [-0.25, -0.2) is 12.8 Å². The molecule has 0 unspecified atom stereocenters. The third-order valence-electron chi connectivity index (χ3n) is 6.07. The van der Waals surface area contributed by atoms with E-state index in [4.69, 9.17) is 11.6 Å². The lowest BCUT2D eigenvalue weighted by Gasteiger charge is -2.31. The van der Waals surface area contributed by atoms with Gasteiger partial charge in [0.05, 0.1) is 11.9 Å². The maximum Gasteiger partial charge on any atom is 0.242 e. The molecule has 0 saturated heterocycles. The number of carbonyl (C=O) groups is 2. The minimum atomic E-state index is -3.63. The number of hydrogen-bond donors (Lipinski definition) is 1. The first-order valence-electron chi connectivity index (χ1n) is 12.5. The molecule has 37 heavy (non-hydrogen) atoms. The Balaban J connectivity index is 2.22. The smallest absolute Gasteiger partial charge is 0.242 e. The van der Waals surface area contributed by atoms with Crippen LogP contribution in [0.2, 0.25) is 5.02 Å². The van der Waals surface area contributed by atoms with Crippen molar-refractivity contribution in [3.8, 4) is 0 Å². The van der Waals surface area contributed by atoms with Gasteiger partial charge in [0.25, 0.3) is 0 Å². The highest BCUT2D eigenvalue weighted by Crippen LogP contribution is 2.27. The molecule has 2 rings (SSSR count). The summed E-state index contributed by atoms with van der Waals surface area (Å²) in [4.78, 5) is 27.9. The number of nitrogens with zero attached hydrogens (tertiary/aromatic N) is 2. The van der Waals surface area contributed by atoms with Gasteiger partial charge in [0.1, 0.15) is 11.9 Å². The minimum absolute atomic E-state index is 0.0333. The van der Waals surface area contributed by atoms with E-state index in [0.717, 1.165) is 24.7 Å². The van der Waals surface area contributed by atoms with Crippen LogP contribution >= 0.6 is 11.6 Å². The minimum Gasteiger partial charge on any atom is -0.354 e. The predicted molar refractivity (Wildman–Crippen MR) is 147 cm³/mol. The first-order valence-corrected chi connectivity index (χ1v) is 14.8. The summed E-state index contributed by atoms with van der Waals surface area (Å²) < 4.78 is 39.8. The van der Waals surface area contributed by atoms with E-state index in [1.54, 1.807) is 37.3 Å². The molecule has 2 aromatic carbocycles. The lowest BCUT2D eigenvalue weighted by atomic mass is 10.1. The normalized spacial score (nSPS) is 12.2. The van der Waals surface area contributed by atoms with Crippen molar-refractivity contribution in [2.75, 3.05) is 23.7 Å². The van der Waals surface area contributed by atoms with Crippen molar-refractivity contribution in [2.24, 2.45) is 0 Å². The molecule has 2 amide bonds. The van der Waals surface area contributed by atoms with Crippen LogP contribution in [0.5, 0.6) is 0 Å². The van der Waals surface area contributed by atoms with Crippen LogP contribution in [0.3, 0.4) is 0 Å². The monoisotopic (exact) mass is 553 g/mol. The fourth-order valence-corrected chi connectivity index (χ4v) is 5.23. The van der Waals surface area contributed by atoms with Gasteiger partial charge in [-0.1, -0.05) is 50.1 Å². The number of anilines is 1. The zero-order valence-electron chi connectivity index (χ0n) is 22.0. The standard InChI is InChI=1S/C27H37ClFN3O4S/c1-5-7-16-30-27(34)24(6-2)31(19-21-11-14-23(29)15-12-21)26(33)9-8-17-32(37(4,35)36)25-18-22(28)13-10-20(25)3/h10-15,18,24H,5-9,16-17,19H2,1-4H3,(H,30,34)/t24-/m0/s1. The van der Waals surface area contributed by atoms with Gasteiger partial charge in [-0.05, 0) is 61.6 Å². The molecule has 0 bridgehead atoms. The molecule has 10 heteroatoms. The molecule has 0 heterocycles. The topological polar surface area (TPSA) is 86.8 Å². The van der Waals surface area contributed by atoms with Gasteiger partial charge in [0, 0.05) is 31.1 Å². The zero-order valence-corrected chi connectivity index (χ0v) is 23.5. The number of amides is 2. The van der Waals surface area contributed by atoms with Gasteiger partial charge < -0.3 is 10.2 Å². The second-order valence-corrected chi connectivity index (χ2v) is 11.4. The molecule has 0 aromatic heterocycles. The maximum absolute atomic E-state index is 13.4. The van der Waals surface area contributed by atoms with Crippen LogP contribution < -0.4 is 9.62 Å². The second kappa shape index (κ2) is 14.3. The number of aryl methyl sites for hydroxylation is 1. The summed E-state index contributed by atoms with van der Waals surface area (Å²) in [5, 5.41) is 3.31. The van der Waals surface area contributed by atoms with Crippen LogP contribution in [-0.2, 0) is 26.2 Å². The molecule has 0 radical (unpaired) electrons. The van der Waals surface area contributed by atoms with Crippen LogP contribution in [0, 0.1) is 12.7 Å². The number of benzene rings is 2. The fraction of sp³-hybridized carbons (Fsp3) is 0.481. The third kappa shape index (κ3) is 9.31. The van der Waals surface area contributed by atoms with E-state index in [0.29, 0.717) is 29.2 Å². The molecule has 0 spiro atoms.